The third-order valence-electron chi connectivity index (χ3n) is 4.38. The molecule has 0 aromatic heterocycles. The molecule has 3 amide bonds. The fraction of sp³-hybridized carbons (Fsp3) is 0.474. The zero-order valence-electron chi connectivity index (χ0n) is 15.4. The average Bonchev–Trinajstić information content (AvgIpc) is 3.12. The van der Waals surface area contributed by atoms with E-state index in [1.54, 1.807) is 29.2 Å². The second kappa shape index (κ2) is 9.70. The minimum atomic E-state index is -0.980. The van der Waals surface area contributed by atoms with Crippen LogP contribution in [0.15, 0.2) is 24.3 Å². The van der Waals surface area contributed by atoms with Crippen LogP contribution in [0.5, 0.6) is 0 Å². The number of likely N-dealkylation sites (tertiary alicyclic amines) is 1. The second-order valence-electron chi connectivity index (χ2n) is 6.46. The number of nitrogens with zero attached hydrogens (tertiary/aromatic N) is 1. The summed E-state index contributed by atoms with van der Waals surface area (Å²) in [4.78, 5) is 48.7. The normalized spacial score (nSPS) is 16.0. The van der Waals surface area contributed by atoms with Crippen LogP contribution in [0.4, 0.5) is 5.69 Å². The first-order chi connectivity index (χ1) is 12.9. The molecule has 1 fully saturated rings. The summed E-state index contributed by atoms with van der Waals surface area (Å²) in [5.74, 6) is -1.58. The number of rotatable bonds is 8. The number of carboxylic acid groups (broad SMARTS) is 1. The second-order valence-corrected chi connectivity index (χ2v) is 6.46. The summed E-state index contributed by atoms with van der Waals surface area (Å²) in [5.41, 5.74) is 0.913. The van der Waals surface area contributed by atoms with Gasteiger partial charge in [0.2, 0.25) is 11.8 Å². The number of anilines is 1. The van der Waals surface area contributed by atoms with E-state index in [4.69, 9.17) is 5.11 Å². The van der Waals surface area contributed by atoms with Crippen molar-refractivity contribution in [3.05, 3.63) is 29.8 Å². The molecule has 27 heavy (non-hydrogen) atoms. The van der Waals surface area contributed by atoms with E-state index in [9.17, 15) is 19.2 Å². The van der Waals surface area contributed by atoms with Gasteiger partial charge in [-0.3, -0.25) is 19.2 Å². The molecule has 0 bridgehead atoms. The van der Waals surface area contributed by atoms with Crippen molar-refractivity contribution in [2.45, 2.75) is 45.1 Å². The van der Waals surface area contributed by atoms with Gasteiger partial charge in [-0.2, -0.15) is 0 Å². The predicted molar refractivity (Wildman–Crippen MR) is 99.3 cm³/mol. The van der Waals surface area contributed by atoms with Gasteiger partial charge in [0, 0.05) is 30.8 Å². The highest BCUT2D eigenvalue weighted by Crippen LogP contribution is 2.21. The van der Waals surface area contributed by atoms with Gasteiger partial charge < -0.3 is 20.6 Å². The van der Waals surface area contributed by atoms with E-state index >= 15 is 0 Å². The Morgan fingerprint density at radius 2 is 1.85 bits per heavy atom. The molecule has 1 heterocycles. The van der Waals surface area contributed by atoms with Crippen molar-refractivity contribution in [1.29, 1.82) is 0 Å². The molecule has 1 atom stereocenters. The molecule has 0 spiro atoms. The Labute approximate surface area is 157 Å². The van der Waals surface area contributed by atoms with E-state index in [0.29, 0.717) is 30.6 Å². The van der Waals surface area contributed by atoms with Crippen LogP contribution in [0.1, 0.15) is 49.4 Å². The zero-order valence-corrected chi connectivity index (χ0v) is 15.4. The summed E-state index contributed by atoms with van der Waals surface area (Å²) < 4.78 is 0. The first-order valence-corrected chi connectivity index (χ1v) is 9.12. The number of carbonyl (C=O) groups is 4. The van der Waals surface area contributed by atoms with Crippen molar-refractivity contribution in [2.75, 3.05) is 18.4 Å². The first kappa shape index (κ1) is 20.4. The van der Waals surface area contributed by atoms with Crippen LogP contribution in [0, 0.1) is 0 Å². The lowest BCUT2D eigenvalue weighted by molar-refractivity contribution is -0.137. The zero-order chi connectivity index (χ0) is 19.8. The third-order valence-corrected chi connectivity index (χ3v) is 4.38. The topological polar surface area (TPSA) is 116 Å². The van der Waals surface area contributed by atoms with E-state index in [2.05, 4.69) is 10.6 Å². The van der Waals surface area contributed by atoms with Crippen LogP contribution in [-0.2, 0) is 14.4 Å². The Morgan fingerprint density at radius 1 is 1.15 bits per heavy atom. The summed E-state index contributed by atoms with van der Waals surface area (Å²) in [7, 11) is 0. The molecular weight excluding hydrogens is 350 g/mol. The Bertz CT molecular complexity index is 702. The molecule has 1 aromatic rings. The fourth-order valence-electron chi connectivity index (χ4n) is 3.01. The number of nitrogens with one attached hydrogen (secondary N) is 2. The maximum absolute atomic E-state index is 12.5. The van der Waals surface area contributed by atoms with Crippen molar-refractivity contribution in [3.8, 4) is 0 Å². The van der Waals surface area contributed by atoms with Gasteiger partial charge in [-0.15, -0.1) is 0 Å². The minimum Gasteiger partial charge on any atom is -0.481 e. The monoisotopic (exact) mass is 375 g/mol. The van der Waals surface area contributed by atoms with Crippen LogP contribution >= 0.6 is 0 Å². The molecule has 0 radical (unpaired) electrons. The largest absolute Gasteiger partial charge is 0.481 e. The molecule has 1 aliphatic heterocycles. The van der Waals surface area contributed by atoms with Gasteiger partial charge in [-0.1, -0.05) is 6.92 Å². The Hall–Kier alpha value is -2.90. The van der Waals surface area contributed by atoms with Gasteiger partial charge in [0.15, 0.2) is 0 Å². The fourth-order valence-corrected chi connectivity index (χ4v) is 3.01. The van der Waals surface area contributed by atoms with Crippen molar-refractivity contribution in [3.63, 3.8) is 0 Å². The van der Waals surface area contributed by atoms with Gasteiger partial charge in [0.05, 0.1) is 6.42 Å². The van der Waals surface area contributed by atoms with Gasteiger partial charge in [-0.25, -0.2) is 0 Å². The number of amides is 3. The average molecular weight is 375 g/mol. The molecule has 1 saturated heterocycles. The Kier molecular flexibility index (Phi) is 7.34. The number of hydrogen-bond acceptors (Lipinski definition) is 4. The van der Waals surface area contributed by atoms with E-state index < -0.39 is 12.0 Å². The number of carboxylic acids is 1. The molecule has 1 unspecified atom stereocenters. The van der Waals surface area contributed by atoms with Crippen LogP contribution < -0.4 is 10.6 Å². The quantitative estimate of drug-likeness (QED) is 0.638. The molecule has 0 aliphatic carbocycles. The van der Waals surface area contributed by atoms with Crippen LogP contribution in [0.2, 0.25) is 0 Å². The van der Waals surface area contributed by atoms with E-state index in [-0.39, 0.29) is 30.7 Å². The smallest absolute Gasteiger partial charge is 0.305 e. The lowest BCUT2D eigenvalue weighted by Crippen LogP contribution is -2.43. The molecule has 2 rings (SSSR count). The highest BCUT2D eigenvalue weighted by Gasteiger charge is 2.33. The lowest BCUT2D eigenvalue weighted by atomic mass is 10.1. The van der Waals surface area contributed by atoms with Crippen LogP contribution in [0.3, 0.4) is 0 Å². The number of benzene rings is 1. The lowest BCUT2D eigenvalue weighted by Gasteiger charge is -2.24. The Morgan fingerprint density at radius 3 is 2.48 bits per heavy atom. The van der Waals surface area contributed by atoms with Crippen molar-refractivity contribution >= 4 is 29.4 Å². The van der Waals surface area contributed by atoms with E-state index in [1.807, 2.05) is 6.92 Å². The maximum Gasteiger partial charge on any atom is 0.305 e. The van der Waals surface area contributed by atoms with Gasteiger partial charge in [0.25, 0.3) is 5.91 Å². The van der Waals surface area contributed by atoms with Crippen LogP contribution in [0.25, 0.3) is 0 Å². The summed E-state index contributed by atoms with van der Waals surface area (Å²) in [6.07, 6.45) is 2.50. The molecule has 0 saturated carbocycles. The predicted octanol–water partition coefficient (Wildman–Crippen LogP) is 1.62. The SMILES string of the molecule is CCCC(=O)N1CCCC1C(=O)Nc1ccc(C(=O)NCCC(=O)O)cc1. The molecule has 8 nitrogen and oxygen atoms in total. The van der Waals surface area contributed by atoms with Crippen molar-refractivity contribution in [1.82, 2.24) is 10.2 Å². The minimum absolute atomic E-state index is 0.00327. The number of aliphatic carboxylic acids is 1. The molecule has 1 aliphatic rings. The highest BCUT2D eigenvalue weighted by molar-refractivity contribution is 5.98. The molecule has 1 aromatic carbocycles. The van der Waals surface area contributed by atoms with Gasteiger partial charge >= 0.3 is 5.97 Å². The highest BCUT2D eigenvalue weighted by atomic mass is 16.4. The molecule has 8 heteroatoms. The summed E-state index contributed by atoms with van der Waals surface area (Å²) >= 11 is 0. The van der Waals surface area contributed by atoms with Gasteiger partial charge in [0.1, 0.15) is 6.04 Å². The molecular formula is C19H25N3O5. The van der Waals surface area contributed by atoms with E-state index in [0.717, 1.165) is 12.8 Å². The Balaban J connectivity index is 1.91. The standard InChI is InChI=1S/C19H25N3O5/c1-2-4-16(23)22-12-3-5-15(22)19(27)21-14-8-6-13(7-9-14)18(26)20-11-10-17(24)25/h6-9,15H,2-5,10-12H2,1H3,(H,20,26)(H,21,27)(H,24,25). The van der Waals surface area contributed by atoms with Gasteiger partial charge in [-0.05, 0) is 43.5 Å². The van der Waals surface area contributed by atoms with Crippen LogP contribution in [-0.4, -0.2) is 52.8 Å². The van der Waals surface area contributed by atoms with E-state index in [1.165, 1.54) is 0 Å². The molecule has 146 valence electrons. The molecule has 3 N–H and O–H groups in total. The first-order valence-electron chi connectivity index (χ1n) is 9.12. The summed E-state index contributed by atoms with van der Waals surface area (Å²) in [5, 5.41) is 13.9. The van der Waals surface area contributed by atoms with Crippen molar-refractivity contribution in [2.24, 2.45) is 0 Å². The van der Waals surface area contributed by atoms with Crippen molar-refractivity contribution < 1.29 is 24.3 Å². The summed E-state index contributed by atoms with van der Waals surface area (Å²) in [6, 6.07) is 5.87. The number of hydrogen-bond donors (Lipinski definition) is 3. The summed E-state index contributed by atoms with van der Waals surface area (Å²) in [6.45, 7) is 2.59. The maximum atomic E-state index is 12.5. The number of carbonyl (C=O) groups excluding carboxylic acids is 3. The third kappa shape index (κ3) is 5.80.